The van der Waals surface area contributed by atoms with Gasteiger partial charge in [-0.1, -0.05) is 42.4 Å². The topological polar surface area (TPSA) is 63.0 Å². The summed E-state index contributed by atoms with van der Waals surface area (Å²) >= 11 is 0. The van der Waals surface area contributed by atoms with Crippen molar-refractivity contribution in [2.45, 2.75) is 19.9 Å². The fourth-order valence-electron chi connectivity index (χ4n) is 1.59. The Morgan fingerprint density at radius 2 is 2.00 bits per heavy atom. The second-order valence-corrected chi connectivity index (χ2v) is 3.94. The molecule has 5 nitrogen and oxygen atoms in total. The molecule has 0 unspecified atom stereocenters. The van der Waals surface area contributed by atoms with Crippen LogP contribution in [0.1, 0.15) is 18.4 Å². The molecule has 18 heavy (non-hydrogen) atoms. The summed E-state index contributed by atoms with van der Waals surface area (Å²) in [5.74, 6) is 0.610. The Kier molecular flexibility index (Phi) is 4.72. The van der Waals surface area contributed by atoms with Crippen molar-refractivity contribution in [1.29, 1.82) is 0 Å². The molecule has 1 heterocycles. The van der Waals surface area contributed by atoms with Gasteiger partial charge in [-0.15, -0.1) is 5.10 Å². The van der Waals surface area contributed by atoms with Gasteiger partial charge < -0.3 is 15.1 Å². The van der Waals surface area contributed by atoms with E-state index in [1.165, 1.54) is 5.56 Å². The molecule has 0 radical (unpaired) electrons. The Balaban J connectivity index is 1.75. The molecule has 2 aromatic rings. The maximum atomic E-state index is 5.43. The molecular formula is C13H18N4O. The van der Waals surface area contributed by atoms with E-state index in [4.69, 9.17) is 4.42 Å². The lowest BCUT2D eigenvalue weighted by molar-refractivity contribution is 0.481. The number of anilines is 1. The summed E-state index contributed by atoms with van der Waals surface area (Å²) in [6.07, 6.45) is 0.936. The average molecular weight is 246 g/mol. The standard InChI is InChI=1S/C13H18N4O/c1-2-14-10-12-16-17-13(18-12)15-9-8-11-6-4-3-5-7-11/h3-7,14H,2,8-10H2,1H3,(H,15,17). The Hall–Kier alpha value is -1.88. The van der Waals surface area contributed by atoms with Gasteiger partial charge >= 0.3 is 6.01 Å². The van der Waals surface area contributed by atoms with E-state index in [1.54, 1.807) is 0 Å². The van der Waals surface area contributed by atoms with Crippen molar-refractivity contribution in [3.63, 3.8) is 0 Å². The lowest BCUT2D eigenvalue weighted by Crippen LogP contribution is -2.11. The number of nitrogens with one attached hydrogen (secondary N) is 2. The molecule has 0 saturated carbocycles. The van der Waals surface area contributed by atoms with Crippen LogP contribution in [0.3, 0.4) is 0 Å². The highest BCUT2D eigenvalue weighted by molar-refractivity contribution is 5.20. The van der Waals surface area contributed by atoms with E-state index in [0.717, 1.165) is 19.5 Å². The highest BCUT2D eigenvalue weighted by Gasteiger charge is 2.04. The third-order valence-electron chi connectivity index (χ3n) is 2.53. The lowest BCUT2D eigenvalue weighted by Gasteiger charge is -2.01. The third kappa shape index (κ3) is 3.85. The van der Waals surface area contributed by atoms with Crippen LogP contribution in [0.25, 0.3) is 0 Å². The molecule has 0 aliphatic heterocycles. The maximum absolute atomic E-state index is 5.43. The third-order valence-corrected chi connectivity index (χ3v) is 2.53. The molecule has 0 aliphatic carbocycles. The van der Waals surface area contributed by atoms with Crippen molar-refractivity contribution < 1.29 is 4.42 Å². The minimum absolute atomic E-state index is 0.485. The fraction of sp³-hybridized carbons (Fsp3) is 0.385. The van der Waals surface area contributed by atoms with Crippen LogP contribution in [0.15, 0.2) is 34.7 Å². The first-order valence-corrected chi connectivity index (χ1v) is 6.19. The van der Waals surface area contributed by atoms with Crippen LogP contribution in [0.5, 0.6) is 0 Å². The Bertz CT molecular complexity index is 455. The zero-order chi connectivity index (χ0) is 12.6. The molecule has 1 aromatic heterocycles. The van der Waals surface area contributed by atoms with E-state index in [1.807, 2.05) is 25.1 Å². The van der Waals surface area contributed by atoms with Gasteiger partial charge in [-0.05, 0) is 18.5 Å². The van der Waals surface area contributed by atoms with Crippen molar-refractivity contribution in [1.82, 2.24) is 15.5 Å². The minimum Gasteiger partial charge on any atom is -0.407 e. The van der Waals surface area contributed by atoms with Gasteiger partial charge in [-0.25, -0.2) is 0 Å². The van der Waals surface area contributed by atoms with Gasteiger partial charge in [0.25, 0.3) is 0 Å². The molecule has 0 amide bonds. The van der Waals surface area contributed by atoms with Crippen LogP contribution in [-0.2, 0) is 13.0 Å². The van der Waals surface area contributed by atoms with E-state index < -0.39 is 0 Å². The Morgan fingerprint density at radius 3 is 2.78 bits per heavy atom. The normalized spacial score (nSPS) is 10.5. The van der Waals surface area contributed by atoms with E-state index >= 15 is 0 Å². The highest BCUT2D eigenvalue weighted by Crippen LogP contribution is 2.06. The van der Waals surface area contributed by atoms with Crippen LogP contribution in [-0.4, -0.2) is 23.3 Å². The minimum atomic E-state index is 0.485. The molecule has 2 rings (SSSR count). The SMILES string of the molecule is CCNCc1nnc(NCCc2ccccc2)o1. The van der Waals surface area contributed by atoms with Crippen LogP contribution in [0.4, 0.5) is 6.01 Å². The first-order valence-electron chi connectivity index (χ1n) is 6.19. The summed E-state index contributed by atoms with van der Waals surface area (Å²) in [7, 11) is 0. The van der Waals surface area contributed by atoms with Gasteiger partial charge in [0.15, 0.2) is 0 Å². The quantitative estimate of drug-likeness (QED) is 0.780. The monoisotopic (exact) mass is 246 g/mol. The summed E-state index contributed by atoms with van der Waals surface area (Å²) in [5, 5.41) is 14.1. The molecule has 1 aromatic carbocycles. The van der Waals surface area contributed by atoms with Crippen molar-refractivity contribution in [3.05, 3.63) is 41.8 Å². The van der Waals surface area contributed by atoms with Gasteiger partial charge in [0.05, 0.1) is 6.54 Å². The summed E-state index contributed by atoms with van der Waals surface area (Å²) in [6.45, 7) is 4.32. The first kappa shape index (κ1) is 12.6. The van der Waals surface area contributed by atoms with Gasteiger partial charge in [0.1, 0.15) is 0 Å². The molecule has 0 saturated heterocycles. The fourth-order valence-corrected chi connectivity index (χ4v) is 1.59. The first-order chi connectivity index (χ1) is 8.88. The average Bonchev–Trinajstić information content (AvgIpc) is 2.85. The van der Waals surface area contributed by atoms with Crippen LogP contribution < -0.4 is 10.6 Å². The van der Waals surface area contributed by atoms with Gasteiger partial charge in [0, 0.05) is 6.54 Å². The van der Waals surface area contributed by atoms with E-state index in [9.17, 15) is 0 Å². The molecule has 0 aliphatic rings. The number of aromatic nitrogens is 2. The highest BCUT2D eigenvalue weighted by atomic mass is 16.4. The molecule has 5 heteroatoms. The van der Waals surface area contributed by atoms with Gasteiger partial charge in [-0.2, -0.15) is 0 Å². The summed E-state index contributed by atoms with van der Waals surface area (Å²) < 4.78 is 5.43. The number of rotatable bonds is 7. The molecular weight excluding hydrogens is 228 g/mol. The Labute approximate surface area is 107 Å². The van der Waals surface area contributed by atoms with Gasteiger partial charge in [0.2, 0.25) is 5.89 Å². The van der Waals surface area contributed by atoms with Gasteiger partial charge in [-0.3, -0.25) is 0 Å². The summed E-state index contributed by atoms with van der Waals surface area (Å²) in [6, 6.07) is 10.8. The van der Waals surface area contributed by atoms with Crippen molar-refractivity contribution in [2.75, 3.05) is 18.4 Å². The summed E-state index contributed by atoms with van der Waals surface area (Å²) in [5.41, 5.74) is 1.29. The molecule has 0 atom stereocenters. The zero-order valence-corrected chi connectivity index (χ0v) is 10.5. The molecule has 0 spiro atoms. The predicted molar refractivity (Wildman–Crippen MR) is 70.3 cm³/mol. The van der Waals surface area contributed by atoms with Crippen molar-refractivity contribution in [2.24, 2.45) is 0 Å². The van der Waals surface area contributed by atoms with Crippen molar-refractivity contribution >= 4 is 6.01 Å². The lowest BCUT2D eigenvalue weighted by atomic mass is 10.1. The van der Waals surface area contributed by atoms with Crippen LogP contribution in [0.2, 0.25) is 0 Å². The predicted octanol–water partition coefficient (Wildman–Crippen LogP) is 1.83. The van der Waals surface area contributed by atoms with E-state index in [-0.39, 0.29) is 0 Å². The molecule has 0 fully saturated rings. The van der Waals surface area contributed by atoms with Crippen LogP contribution >= 0.6 is 0 Å². The van der Waals surface area contributed by atoms with E-state index in [2.05, 4.69) is 33.0 Å². The number of nitrogens with zero attached hydrogens (tertiary/aromatic N) is 2. The Morgan fingerprint density at radius 1 is 1.17 bits per heavy atom. The van der Waals surface area contributed by atoms with Crippen molar-refractivity contribution in [3.8, 4) is 0 Å². The second kappa shape index (κ2) is 6.76. The largest absolute Gasteiger partial charge is 0.407 e. The van der Waals surface area contributed by atoms with E-state index in [0.29, 0.717) is 18.5 Å². The van der Waals surface area contributed by atoms with Crippen LogP contribution in [0, 0.1) is 0 Å². The molecule has 0 bridgehead atoms. The molecule has 96 valence electrons. The number of benzene rings is 1. The number of hydrogen-bond acceptors (Lipinski definition) is 5. The summed E-state index contributed by atoms with van der Waals surface area (Å²) in [4.78, 5) is 0. The maximum Gasteiger partial charge on any atom is 0.315 e. The smallest absolute Gasteiger partial charge is 0.315 e. The number of hydrogen-bond donors (Lipinski definition) is 2. The molecule has 2 N–H and O–H groups in total. The zero-order valence-electron chi connectivity index (χ0n) is 10.5. The second-order valence-electron chi connectivity index (χ2n) is 3.94.